The molecule has 2 rings (SSSR count). The number of amides is 1. The van der Waals surface area contributed by atoms with Gasteiger partial charge < -0.3 is 4.74 Å². The molecule has 1 aromatic heterocycles. The van der Waals surface area contributed by atoms with Crippen LogP contribution in [-0.4, -0.2) is 36.0 Å². The Kier molecular flexibility index (Phi) is 8.36. The summed E-state index contributed by atoms with van der Waals surface area (Å²) in [6.45, 7) is 5.88. The third-order valence-electron chi connectivity index (χ3n) is 3.88. The standard InChI is InChI=1S/C19H25Cl2N3O4S/c1-4-9-29(26,27)23-18(25)8-7-16-11-19(28-13(2)3)22-24(16)12-14-5-6-15(20)10-17(14)21/h5-6,10-11,13H,4,7-9,12H2,1-3H3,(H,23,25). The molecule has 1 heterocycles. The highest BCUT2D eigenvalue weighted by molar-refractivity contribution is 7.90. The molecule has 2 aromatic rings. The maximum absolute atomic E-state index is 12.1. The lowest BCUT2D eigenvalue weighted by Crippen LogP contribution is -2.32. The summed E-state index contributed by atoms with van der Waals surface area (Å²) in [6, 6.07) is 6.95. The number of aromatic nitrogens is 2. The fraction of sp³-hybridized carbons (Fsp3) is 0.474. The molecule has 0 atom stereocenters. The van der Waals surface area contributed by atoms with Crippen LogP contribution in [0.4, 0.5) is 0 Å². The number of hydrogen-bond donors (Lipinski definition) is 1. The van der Waals surface area contributed by atoms with Gasteiger partial charge in [0.1, 0.15) is 0 Å². The highest BCUT2D eigenvalue weighted by Gasteiger charge is 2.16. The zero-order valence-corrected chi connectivity index (χ0v) is 18.9. The van der Waals surface area contributed by atoms with Crippen LogP contribution in [0.2, 0.25) is 10.0 Å². The number of aryl methyl sites for hydroxylation is 1. The Hall–Kier alpha value is -1.77. The summed E-state index contributed by atoms with van der Waals surface area (Å²) >= 11 is 12.2. The number of hydrogen-bond acceptors (Lipinski definition) is 5. The van der Waals surface area contributed by atoms with Crippen molar-refractivity contribution < 1.29 is 17.9 Å². The first-order valence-corrected chi connectivity index (χ1v) is 11.7. The Bertz CT molecular complexity index is 958. The minimum atomic E-state index is -3.59. The van der Waals surface area contributed by atoms with Gasteiger partial charge in [-0.15, -0.1) is 5.10 Å². The first-order valence-electron chi connectivity index (χ1n) is 9.30. The minimum Gasteiger partial charge on any atom is -0.474 e. The first-order chi connectivity index (χ1) is 13.6. The third kappa shape index (κ3) is 7.53. The summed E-state index contributed by atoms with van der Waals surface area (Å²) in [6.07, 6.45) is 0.678. The fourth-order valence-corrected chi connectivity index (χ4v) is 4.22. The quantitative estimate of drug-likeness (QED) is 0.580. The summed E-state index contributed by atoms with van der Waals surface area (Å²) < 4.78 is 33.0. The predicted octanol–water partition coefficient (Wildman–Crippen LogP) is 3.81. The zero-order chi connectivity index (χ0) is 21.6. The molecule has 0 fully saturated rings. The van der Waals surface area contributed by atoms with Gasteiger partial charge in [-0.05, 0) is 44.4 Å². The number of carbonyl (C=O) groups is 1. The molecule has 7 nitrogen and oxygen atoms in total. The molecule has 160 valence electrons. The monoisotopic (exact) mass is 461 g/mol. The molecule has 0 saturated carbocycles. The zero-order valence-electron chi connectivity index (χ0n) is 16.6. The van der Waals surface area contributed by atoms with E-state index in [-0.39, 0.29) is 18.3 Å². The van der Waals surface area contributed by atoms with Crippen molar-refractivity contribution in [2.75, 3.05) is 5.75 Å². The lowest BCUT2D eigenvalue weighted by Gasteiger charge is -2.10. The molecule has 10 heteroatoms. The van der Waals surface area contributed by atoms with E-state index in [1.54, 1.807) is 29.8 Å². The van der Waals surface area contributed by atoms with Crippen molar-refractivity contribution in [3.8, 4) is 5.88 Å². The number of nitrogens with one attached hydrogen (secondary N) is 1. The number of nitrogens with zero attached hydrogens (tertiary/aromatic N) is 2. The van der Waals surface area contributed by atoms with E-state index in [4.69, 9.17) is 27.9 Å². The van der Waals surface area contributed by atoms with E-state index in [1.165, 1.54) is 0 Å². The van der Waals surface area contributed by atoms with Crippen LogP contribution in [0.5, 0.6) is 5.88 Å². The molecule has 0 aliphatic rings. The Labute approximate surface area is 181 Å². The number of halogens is 2. The summed E-state index contributed by atoms with van der Waals surface area (Å²) in [4.78, 5) is 12.1. The first kappa shape index (κ1) is 23.5. The fourth-order valence-electron chi connectivity index (χ4n) is 2.66. The number of sulfonamides is 1. The summed E-state index contributed by atoms with van der Waals surface area (Å²) in [5.74, 6) is -0.209. The molecule has 0 unspecified atom stereocenters. The lowest BCUT2D eigenvalue weighted by atomic mass is 10.2. The lowest BCUT2D eigenvalue weighted by molar-refractivity contribution is -0.119. The van der Waals surface area contributed by atoms with Crippen molar-refractivity contribution in [1.29, 1.82) is 0 Å². The SMILES string of the molecule is CCCS(=O)(=O)NC(=O)CCc1cc(OC(C)C)nn1Cc1ccc(Cl)cc1Cl. The largest absolute Gasteiger partial charge is 0.474 e. The number of benzene rings is 1. The molecule has 0 aliphatic heterocycles. The van der Waals surface area contributed by atoms with E-state index in [0.717, 1.165) is 11.3 Å². The van der Waals surface area contributed by atoms with E-state index >= 15 is 0 Å². The van der Waals surface area contributed by atoms with Crippen molar-refractivity contribution >= 4 is 39.1 Å². The van der Waals surface area contributed by atoms with E-state index in [2.05, 4.69) is 9.82 Å². The summed E-state index contributed by atoms with van der Waals surface area (Å²) in [7, 11) is -3.59. The Balaban J connectivity index is 2.16. The normalized spacial score (nSPS) is 11.7. The van der Waals surface area contributed by atoms with Gasteiger partial charge in [0.05, 0.1) is 18.4 Å². The molecule has 0 saturated heterocycles. The Morgan fingerprint density at radius 3 is 2.62 bits per heavy atom. The van der Waals surface area contributed by atoms with Gasteiger partial charge in [0.2, 0.25) is 21.8 Å². The molecule has 1 N–H and O–H groups in total. The molecule has 1 amide bonds. The minimum absolute atomic E-state index is 0.00407. The van der Waals surface area contributed by atoms with Gasteiger partial charge in [0, 0.05) is 28.2 Å². The van der Waals surface area contributed by atoms with Gasteiger partial charge in [-0.1, -0.05) is 36.2 Å². The van der Waals surface area contributed by atoms with Crippen molar-refractivity contribution in [2.45, 2.75) is 52.7 Å². The van der Waals surface area contributed by atoms with Crippen molar-refractivity contribution in [3.05, 3.63) is 45.6 Å². The Morgan fingerprint density at radius 1 is 1.28 bits per heavy atom. The van der Waals surface area contributed by atoms with Crippen LogP contribution >= 0.6 is 23.2 Å². The molecule has 1 aromatic carbocycles. The van der Waals surface area contributed by atoms with E-state index in [1.807, 2.05) is 19.9 Å². The molecule has 29 heavy (non-hydrogen) atoms. The van der Waals surface area contributed by atoms with Crippen LogP contribution in [0.3, 0.4) is 0 Å². The van der Waals surface area contributed by atoms with Gasteiger partial charge >= 0.3 is 0 Å². The molecule has 0 spiro atoms. The van der Waals surface area contributed by atoms with Crippen LogP contribution in [0.25, 0.3) is 0 Å². The van der Waals surface area contributed by atoms with Gasteiger partial charge in [0.25, 0.3) is 0 Å². The van der Waals surface area contributed by atoms with Gasteiger partial charge in [0.15, 0.2) is 0 Å². The maximum atomic E-state index is 12.1. The van der Waals surface area contributed by atoms with Gasteiger partial charge in [-0.2, -0.15) is 0 Å². The predicted molar refractivity (Wildman–Crippen MR) is 114 cm³/mol. The Morgan fingerprint density at radius 2 is 2.00 bits per heavy atom. The number of rotatable bonds is 10. The van der Waals surface area contributed by atoms with Crippen LogP contribution in [-0.2, 0) is 27.8 Å². The van der Waals surface area contributed by atoms with Gasteiger partial charge in [-0.25, -0.2) is 8.42 Å². The smallest absolute Gasteiger partial charge is 0.234 e. The second-order valence-electron chi connectivity index (χ2n) is 6.88. The summed E-state index contributed by atoms with van der Waals surface area (Å²) in [5, 5.41) is 5.49. The second kappa shape index (κ2) is 10.3. The molecule has 0 radical (unpaired) electrons. The van der Waals surface area contributed by atoms with Crippen molar-refractivity contribution in [1.82, 2.24) is 14.5 Å². The van der Waals surface area contributed by atoms with Gasteiger partial charge in [-0.3, -0.25) is 14.2 Å². The van der Waals surface area contributed by atoms with Crippen molar-refractivity contribution in [3.63, 3.8) is 0 Å². The second-order valence-corrected chi connectivity index (χ2v) is 9.56. The topological polar surface area (TPSA) is 90.3 Å². The van der Waals surface area contributed by atoms with Crippen LogP contribution in [0.1, 0.15) is 44.9 Å². The van der Waals surface area contributed by atoms with Crippen molar-refractivity contribution in [2.24, 2.45) is 0 Å². The number of ether oxygens (including phenoxy) is 1. The van der Waals surface area contributed by atoms with E-state index < -0.39 is 15.9 Å². The van der Waals surface area contributed by atoms with Crippen LogP contribution in [0, 0.1) is 0 Å². The average molecular weight is 462 g/mol. The average Bonchev–Trinajstić information content (AvgIpc) is 2.95. The molecule has 0 aliphatic carbocycles. The van der Waals surface area contributed by atoms with E-state index in [0.29, 0.717) is 35.3 Å². The third-order valence-corrected chi connectivity index (χ3v) is 5.95. The molecular weight excluding hydrogens is 437 g/mol. The van der Waals surface area contributed by atoms with Crippen LogP contribution in [0.15, 0.2) is 24.3 Å². The molecular formula is C19H25Cl2N3O4S. The number of carbonyl (C=O) groups excluding carboxylic acids is 1. The summed E-state index contributed by atoms with van der Waals surface area (Å²) in [5.41, 5.74) is 1.54. The highest BCUT2D eigenvalue weighted by Crippen LogP contribution is 2.23. The maximum Gasteiger partial charge on any atom is 0.234 e. The van der Waals surface area contributed by atoms with Crippen LogP contribution < -0.4 is 9.46 Å². The highest BCUT2D eigenvalue weighted by atomic mass is 35.5. The molecule has 0 bridgehead atoms. The van der Waals surface area contributed by atoms with E-state index in [9.17, 15) is 13.2 Å².